The van der Waals surface area contributed by atoms with E-state index in [1.54, 1.807) is 35.2 Å². The van der Waals surface area contributed by atoms with Crippen molar-refractivity contribution in [1.82, 2.24) is 14.3 Å². The second-order valence-electron chi connectivity index (χ2n) is 6.67. The van der Waals surface area contributed by atoms with Crippen LogP contribution in [0.15, 0.2) is 47.4 Å². The lowest BCUT2D eigenvalue weighted by Crippen LogP contribution is -2.40. The van der Waals surface area contributed by atoms with E-state index in [0.29, 0.717) is 43.0 Å². The number of carbonyl (C=O) groups excluding carboxylic acids is 1. The van der Waals surface area contributed by atoms with E-state index in [1.807, 2.05) is 0 Å². The van der Waals surface area contributed by atoms with Crippen LogP contribution in [0.3, 0.4) is 0 Å². The molecule has 0 atom stereocenters. The molecule has 10 heteroatoms. The molecule has 0 radical (unpaired) electrons. The molecular formula is C20H15ClF3N3O3. The van der Waals surface area contributed by atoms with Gasteiger partial charge in [-0.25, -0.2) is 4.98 Å². The van der Waals surface area contributed by atoms with Crippen LogP contribution in [0, 0.1) is 0 Å². The van der Waals surface area contributed by atoms with Crippen LogP contribution in [0.2, 0.25) is 5.02 Å². The second kappa shape index (κ2) is 7.73. The number of rotatable bonds is 2. The van der Waals surface area contributed by atoms with Crippen molar-refractivity contribution in [2.24, 2.45) is 0 Å². The molecule has 4 rings (SSSR count). The van der Waals surface area contributed by atoms with Crippen LogP contribution in [0.5, 0.6) is 0 Å². The molecule has 6 nitrogen and oxygen atoms in total. The van der Waals surface area contributed by atoms with E-state index in [1.165, 1.54) is 12.3 Å². The van der Waals surface area contributed by atoms with Gasteiger partial charge in [0.1, 0.15) is 10.7 Å². The minimum absolute atomic E-state index is 0.150. The van der Waals surface area contributed by atoms with Gasteiger partial charge in [0.2, 0.25) is 0 Å². The Balaban J connectivity index is 1.77. The summed E-state index contributed by atoms with van der Waals surface area (Å²) in [6.07, 6.45) is -3.57. The highest BCUT2D eigenvalue weighted by molar-refractivity contribution is 6.31. The number of ether oxygens (including phenoxy) is 1. The Hall–Kier alpha value is -2.91. The number of benzene rings is 1. The molecule has 1 saturated heterocycles. The third kappa shape index (κ3) is 3.66. The minimum Gasteiger partial charge on any atom is -0.378 e. The van der Waals surface area contributed by atoms with Crippen molar-refractivity contribution >= 4 is 23.2 Å². The highest BCUT2D eigenvalue weighted by atomic mass is 35.5. The summed E-state index contributed by atoms with van der Waals surface area (Å²) in [5.41, 5.74) is -1.34. The van der Waals surface area contributed by atoms with Gasteiger partial charge < -0.3 is 9.64 Å². The number of alkyl halides is 3. The Morgan fingerprint density at radius 1 is 1.10 bits per heavy atom. The van der Waals surface area contributed by atoms with E-state index in [-0.39, 0.29) is 11.6 Å². The van der Waals surface area contributed by atoms with Gasteiger partial charge in [-0.05, 0) is 29.8 Å². The zero-order valence-electron chi connectivity index (χ0n) is 15.4. The van der Waals surface area contributed by atoms with E-state index in [0.717, 1.165) is 4.40 Å². The van der Waals surface area contributed by atoms with Crippen LogP contribution in [0.4, 0.5) is 13.2 Å². The number of aromatic nitrogens is 2. The number of amides is 1. The minimum atomic E-state index is -4.87. The standard InChI is InChI=1S/C20H15ClF3N3O3/c21-15-16(20(22,23)24)25-17-14(2-1-7-27(17)19(15)29)12-3-5-13(6-4-12)18(28)26-8-10-30-11-9-26/h1-7H,8-11H2. The Morgan fingerprint density at radius 2 is 1.77 bits per heavy atom. The number of pyridine rings is 1. The van der Waals surface area contributed by atoms with Crippen LogP contribution < -0.4 is 5.56 Å². The first kappa shape index (κ1) is 20.4. The molecule has 1 amide bonds. The number of carbonyl (C=O) groups is 1. The van der Waals surface area contributed by atoms with Gasteiger partial charge in [-0.1, -0.05) is 23.7 Å². The molecule has 3 aromatic rings. The number of nitrogens with zero attached hydrogens (tertiary/aromatic N) is 3. The largest absolute Gasteiger partial charge is 0.435 e. The molecule has 156 valence electrons. The maximum Gasteiger partial charge on any atom is 0.435 e. The molecule has 1 aliphatic rings. The smallest absolute Gasteiger partial charge is 0.378 e. The number of halogens is 4. The summed E-state index contributed by atoms with van der Waals surface area (Å²) in [4.78, 5) is 30.2. The topological polar surface area (TPSA) is 63.9 Å². The predicted molar refractivity (Wildman–Crippen MR) is 104 cm³/mol. The zero-order valence-corrected chi connectivity index (χ0v) is 16.2. The molecule has 0 spiro atoms. The van der Waals surface area contributed by atoms with Crippen molar-refractivity contribution in [3.05, 3.63) is 69.2 Å². The van der Waals surface area contributed by atoms with E-state index < -0.39 is 22.5 Å². The predicted octanol–water partition coefficient (Wildman–Crippen LogP) is 3.51. The van der Waals surface area contributed by atoms with Gasteiger partial charge in [-0.15, -0.1) is 0 Å². The van der Waals surface area contributed by atoms with Crippen molar-refractivity contribution in [3.8, 4) is 11.1 Å². The molecule has 0 unspecified atom stereocenters. The first-order valence-electron chi connectivity index (χ1n) is 9.03. The summed E-state index contributed by atoms with van der Waals surface area (Å²) in [5.74, 6) is -0.150. The Labute approximate surface area is 173 Å². The molecular weight excluding hydrogens is 423 g/mol. The van der Waals surface area contributed by atoms with Crippen LogP contribution in [0.25, 0.3) is 16.8 Å². The van der Waals surface area contributed by atoms with Crippen molar-refractivity contribution in [3.63, 3.8) is 0 Å². The fraction of sp³-hybridized carbons (Fsp3) is 0.250. The third-order valence-corrected chi connectivity index (χ3v) is 5.15. The Morgan fingerprint density at radius 3 is 2.40 bits per heavy atom. The quantitative estimate of drug-likeness (QED) is 0.615. The van der Waals surface area contributed by atoms with Gasteiger partial charge >= 0.3 is 6.18 Å². The molecule has 1 aromatic carbocycles. The Bertz CT molecular complexity index is 1170. The SMILES string of the molecule is O=C(c1ccc(-c2cccn3c(=O)c(Cl)c(C(F)(F)F)nc23)cc1)N1CCOCC1. The molecule has 30 heavy (non-hydrogen) atoms. The van der Waals surface area contributed by atoms with Crippen LogP contribution in [0.1, 0.15) is 16.1 Å². The number of hydrogen-bond donors (Lipinski definition) is 0. The van der Waals surface area contributed by atoms with Gasteiger partial charge in [0.15, 0.2) is 5.69 Å². The summed E-state index contributed by atoms with van der Waals surface area (Å²) >= 11 is 5.62. The zero-order chi connectivity index (χ0) is 21.5. The van der Waals surface area contributed by atoms with Crippen molar-refractivity contribution in [2.75, 3.05) is 26.3 Å². The summed E-state index contributed by atoms with van der Waals surface area (Å²) in [7, 11) is 0. The van der Waals surface area contributed by atoms with Crippen molar-refractivity contribution in [2.45, 2.75) is 6.18 Å². The van der Waals surface area contributed by atoms with Gasteiger partial charge in [0.25, 0.3) is 11.5 Å². The molecule has 3 heterocycles. The molecule has 0 bridgehead atoms. The lowest BCUT2D eigenvalue weighted by atomic mass is 10.0. The normalized spacial score (nSPS) is 14.9. The van der Waals surface area contributed by atoms with Crippen LogP contribution in [-0.2, 0) is 10.9 Å². The lowest BCUT2D eigenvalue weighted by Gasteiger charge is -2.26. The summed E-state index contributed by atoms with van der Waals surface area (Å²) in [6.45, 7) is 1.95. The number of hydrogen-bond acceptors (Lipinski definition) is 4. The highest BCUT2D eigenvalue weighted by Crippen LogP contribution is 2.33. The molecule has 0 N–H and O–H groups in total. The molecule has 2 aromatic heterocycles. The van der Waals surface area contributed by atoms with E-state index in [2.05, 4.69) is 4.98 Å². The summed E-state index contributed by atoms with van der Waals surface area (Å²) in [6, 6.07) is 9.47. The van der Waals surface area contributed by atoms with Gasteiger partial charge in [0, 0.05) is 30.4 Å². The fourth-order valence-electron chi connectivity index (χ4n) is 3.29. The maximum absolute atomic E-state index is 13.3. The molecule has 1 fully saturated rings. The lowest BCUT2D eigenvalue weighted by molar-refractivity contribution is -0.141. The average Bonchev–Trinajstić information content (AvgIpc) is 2.75. The van der Waals surface area contributed by atoms with Gasteiger partial charge in [-0.2, -0.15) is 13.2 Å². The molecule has 0 saturated carbocycles. The van der Waals surface area contributed by atoms with Crippen molar-refractivity contribution in [1.29, 1.82) is 0 Å². The molecule has 0 aliphatic carbocycles. The van der Waals surface area contributed by atoms with Crippen LogP contribution >= 0.6 is 11.6 Å². The first-order chi connectivity index (χ1) is 14.3. The van der Waals surface area contributed by atoms with Crippen molar-refractivity contribution < 1.29 is 22.7 Å². The molecule has 1 aliphatic heterocycles. The van der Waals surface area contributed by atoms with Crippen LogP contribution in [-0.4, -0.2) is 46.5 Å². The second-order valence-corrected chi connectivity index (χ2v) is 7.05. The average molecular weight is 438 g/mol. The number of fused-ring (bicyclic) bond motifs is 1. The van der Waals surface area contributed by atoms with E-state index >= 15 is 0 Å². The summed E-state index contributed by atoms with van der Waals surface area (Å²) in [5, 5.41) is -0.983. The number of morpholine rings is 1. The van der Waals surface area contributed by atoms with Gasteiger partial charge in [-0.3, -0.25) is 14.0 Å². The van der Waals surface area contributed by atoms with E-state index in [9.17, 15) is 22.8 Å². The third-order valence-electron chi connectivity index (χ3n) is 4.81. The first-order valence-corrected chi connectivity index (χ1v) is 9.40. The maximum atomic E-state index is 13.3. The van der Waals surface area contributed by atoms with Gasteiger partial charge in [0.05, 0.1) is 13.2 Å². The highest BCUT2D eigenvalue weighted by Gasteiger charge is 2.37. The van der Waals surface area contributed by atoms with E-state index in [4.69, 9.17) is 16.3 Å². The Kier molecular flexibility index (Phi) is 5.25. The summed E-state index contributed by atoms with van der Waals surface area (Å²) < 4.78 is 46.0. The fourth-order valence-corrected chi connectivity index (χ4v) is 3.54. The monoisotopic (exact) mass is 437 g/mol.